The molecule has 1 aliphatic heterocycles. The lowest BCUT2D eigenvalue weighted by molar-refractivity contribution is -0.109. The molecule has 1 heterocycles. The smallest absolute Gasteiger partial charge is 0.491 e. The molecule has 0 aromatic heterocycles. The topological polar surface area (TPSA) is 54.0 Å². The predicted molar refractivity (Wildman–Crippen MR) is 107 cm³/mol. The number of methoxy groups -OCH3 is 2. The van der Waals surface area contributed by atoms with E-state index in [0.717, 1.165) is 11.0 Å². The third kappa shape index (κ3) is 4.84. The Morgan fingerprint density at radius 2 is 1.58 bits per heavy atom. The molecule has 7 heteroatoms. The Morgan fingerprint density at radius 1 is 1.08 bits per heavy atom. The van der Waals surface area contributed by atoms with Gasteiger partial charge in [0.1, 0.15) is 11.5 Å². The predicted octanol–water partition coefficient (Wildman–Crippen LogP) is 4.00. The van der Waals surface area contributed by atoms with Crippen LogP contribution in [0.25, 0.3) is 6.08 Å². The van der Waals surface area contributed by atoms with Gasteiger partial charge in [-0.05, 0) is 50.9 Å². The number of thioether (sulfide) groups is 1. The lowest BCUT2D eigenvalue weighted by atomic mass is 9.78. The van der Waals surface area contributed by atoms with Crippen LogP contribution < -0.4 is 9.47 Å². The zero-order valence-corrected chi connectivity index (χ0v) is 17.4. The average Bonchev–Trinajstić information content (AvgIpc) is 2.78. The first-order valence-corrected chi connectivity index (χ1v) is 9.49. The van der Waals surface area contributed by atoms with Gasteiger partial charge in [0.05, 0.1) is 25.4 Å². The fourth-order valence-electron chi connectivity index (χ4n) is 2.48. The normalized spacial score (nSPS) is 18.7. The van der Waals surface area contributed by atoms with E-state index in [0.29, 0.717) is 17.3 Å². The highest BCUT2D eigenvalue weighted by atomic mass is 32.2. The highest BCUT2D eigenvalue weighted by Crippen LogP contribution is 2.39. The Morgan fingerprint density at radius 3 is 2.00 bits per heavy atom. The van der Waals surface area contributed by atoms with E-state index in [-0.39, 0.29) is 5.12 Å². The second kappa shape index (κ2) is 8.07. The maximum absolute atomic E-state index is 11.5. The van der Waals surface area contributed by atoms with Crippen LogP contribution in [0.1, 0.15) is 40.2 Å². The molecule has 1 fully saturated rings. The zero-order chi connectivity index (χ0) is 19.5. The first-order chi connectivity index (χ1) is 12.1. The molecule has 0 saturated carbocycles. The van der Waals surface area contributed by atoms with Crippen molar-refractivity contribution in [3.8, 4) is 11.5 Å². The molecule has 1 aromatic carbocycles. The summed E-state index contributed by atoms with van der Waals surface area (Å²) in [6.45, 7) is 9.60. The van der Waals surface area contributed by atoms with Gasteiger partial charge in [-0.15, -0.1) is 0 Å². The number of ether oxygens (including phenoxy) is 2. The minimum atomic E-state index is -0.510. The number of benzene rings is 1. The summed E-state index contributed by atoms with van der Waals surface area (Å²) in [4.78, 5) is 11.5. The monoisotopic (exact) mass is 378 g/mol. The minimum Gasteiger partial charge on any atom is -0.497 e. The van der Waals surface area contributed by atoms with E-state index in [1.165, 1.54) is 11.8 Å². The third-order valence-corrected chi connectivity index (χ3v) is 5.61. The van der Waals surface area contributed by atoms with Gasteiger partial charge in [0.2, 0.25) is 0 Å². The molecule has 1 aliphatic rings. The van der Waals surface area contributed by atoms with Gasteiger partial charge in [0.25, 0.3) is 0 Å². The van der Waals surface area contributed by atoms with E-state index in [4.69, 9.17) is 18.8 Å². The molecule has 5 nitrogen and oxygen atoms in total. The van der Waals surface area contributed by atoms with Gasteiger partial charge in [-0.25, -0.2) is 0 Å². The van der Waals surface area contributed by atoms with Crippen molar-refractivity contribution < 1.29 is 23.6 Å². The van der Waals surface area contributed by atoms with Gasteiger partial charge < -0.3 is 18.8 Å². The molecule has 0 aliphatic carbocycles. The molecule has 0 radical (unpaired) electrons. The van der Waals surface area contributed by atoms with Crippen LogP contribution >= 0.6 is 11.8 Å². The summed E-state index contributed by atoms with van der Waals surface area (Å²) in [5.74, 6) is 1.89. The Balaban J connectivity index is 2.39. The van der Waals surface area contributed by atoms with Crippen molar-refractivity contribution in [1.29, 1.82) is 0 Å². The molecule has 0 unspecified atom stereocenters. The first-order valence-electron chi connectivity index (χ1n) is 8.50. The number of rotatable bonds is 6. The number of hydrogen-bond donors (Lipinski definition) is 0. The van der Waals surface area contributed by atoms with Crippen molar-refractivity contribution in [1.82, 2.24) is 0 Å². The summed E-state index contributed by atoms with van der Waals surface area (Å²) in [6, 6.07) is 5.63. The summed E-state index contributed by atoms with van der Waals surface area (Å²) >= 11 is 1.24. The van der Waals surface area contributed by atoms with Crippen molar-refractivity contribution in [2.45, 2.75) is 45.8 Å². The van der Waals surface area contributed by atoms with Gasteiger partial charge in [0.15, 0.2) is 5.12 Å². The molecule has 0 amide bonds. The molecule has 142 valence electrons. The number of hydrogen-bond acceptors (Lipinski definition) is 6. The van der Waals surface area contributed by atoms with Crippen molar-refractivity contribution in [2.75, 3.05) is 20.0 Å². The quantitative estimate of drug-likeness (QED) is 0.698. The molecule has 26 heavy (non-hydrogen) atoms. The second-order valence-electron chi connectivity index (χ2n) is 7.23. The molecular formula is C19H27BO5S. The standard InChI is InChI=1S/C19H27BO5S/c1-13(21)26-12-15(20-24-18(2,3)19(4,5)25-20)8-14-9-16(22-6)11-17(10-14)23-7/h8-11H,12H2,1-7H3. The lowest BCUT2D eigenvalue weighted by Crippen LogP contribution is -2.41. The van der Waals surface area contributed by atoms with Crippen LogP contribution in [0.3, 0.4) is 0 Å². The Bertz CT molecular complexity index is 661. The highest BCUT2D eigenvalue weighted by Gasteiger charge is 2.52. The lowest BCUT2D eigenvalue weighted by Gasteiger charge is -2.32. The van der Waals surface area contributed by atoms with Crippen molar-refractivity contribution >= 4 is 30.1 Å². The van der Waals surface area contributed by atoms with Crippen molar-refractivity contribution in [3.63, 3.8) is 0 Å². The SMILES string of the molecule is COc1cc(C=C(CSC(C)=O)B2OC(C)(C)C(C)(C)O2)cc(OC)c1. The zero-order valence-electron chi connectivity index (χ0n) is 16.5. The average molecular weight is 378 g/mol. The Kier molecular flexibility index (Phi) is 6.48. The molecule has 0 bridgehead atoms. The molecule has 0 N–H and O–H groups in total. The molecule has 0 atom stereocenters. The van der Waals surface area contributed by atoms with Crippen LogP contribution in [0.5, 0.6) is 11.5 Å². The van der Waals surface area contributed by atoms with Crippen LogP contribution in [-0.2, 0) is 14.1 Å². The molecule has 2 rings (SSSR count). The minimum absolute atomic E-state index is 0.0515. The van der Waals surface area contributed by atoms with Crippen LogP contribution in [0.4, 0.5) is 0 Å². The fourth-order valence-corrected chi connectivity index (χ4v) is 3.07. The Hall–Kier alpha value is -1.44. The third-order valence-electron chi connectivity index (χ3n) is 4.72. The van der Waals surface area contributed by atoms with Gasteiger partial charge in [-0.3, -0.25) is 4.79 Å². The van der Waals surface area contributed by atoms with Gasteiger partial charge in [-0.1, -0.05) is 17.8 Å². The van der Waals surface area contributed by atoms with E-state index in [1.54, 1.807) is 21.1 Å². The maximum Gasteiger partial charge on any atom is 0.491 e. The largest absolute Gasteiger partial charge is 0.497 e. The second-order valence-corrected chi connectivity index (χ2v) is 8.39. The van der Waals surface area contributed by atoms with E-state index in [1.807, 2.05) is 52.0 Å². The molecule has 0 spiro atoms. The Labute approximate surface area is 160 Å². The number of carbonyl (C=O) groups excluding carboxylic acids is 1. The summed E-state index contributed by atoms with van der Waals surface area (Å²) in [7, 11) is 2.72. The van der Waals surface area contributed by atoms with Gasteiger partial charge >= 0.3 is 7.12 Å². The van der Waals surface area contributed by atoms with Crippen molar-refractivity contribution in [2.24, 2.45) is 0 Å². The van der Waals surface area contributed by atoms with Crippen molar-refractivity contribution in [3.05, 3.63) is 29.2 Å². The summed E-state index contributed by atoms with van der Waals surface area (Å²) in [5.41, 5.74) is 0.905. The fraction of sp³-hybridized carbons (Fsp3) is 0.526. The van der Waals surface area contributed by atoms with E-state index >= 15 is 0 Å². The van der Waals surface area contributed by atoms with Gasteiger partial charge in [0, 0.05) is 18.7 Å². The van der Waals surface area contributed by atoms with E-state index < -0.39 is 18.3 Å². The van der Waals surface area contributed by atoms with E-state index in [9.17, 15) is 4.79 Å². The molecule has 1 aromatic rings. The van der Waals surface area contributed by atoms with Crippen LogP contribution in [0.15, 0.2) is 23.7 Å². The summed E-state index contributed by atoms with van der Waals surface area (Å²) in [5, 5.41) is 0.0515. The maximum atomic E-state index is 11.5. The van der Waals surface area contributed by atoms with Crippen LogP contribution in [0, 0.1) is 0 Å². The summed E-state index contributed by atoms with van der Waals surface area (Å²) < 4.78 is 23.0. The van der Waals surface area contributed by atoms with Gasteiger partial charge in [-0.2, -0.15) is 0 Å². The summed E-state index contributed by atoms with van der Waals surface area (Å²) in [6.07, 6.45) is 1.98. The van der Waals surface area contributed by atoms with E-state index in [2.05, 4.69) is 0 Å². The molecular weight excluding hydrogens is 351 g/mol. The first kappa shape index (κ1) is 20.9. The molecule has 1 saturated heterocycles. The van der Waals surface area contributed by atoms with Crippen LogP contribution in [0.2, 0.25) is 0 Å². The highest BCUT2D eigenvalue weighted by molar-refractivity contribution is 8.13. The number of carbonyl (C=O) groups is 1. The van der Waals surface area contributed by atoms with Crippen LogP contribution in [-0.4, -0.2) is 43.4 Å².